The second-order valence-corrected chi connectivity index (χ2v) is 10.3. The van der Waals surface area contributed by atoms with Gasteiger partial charge in [-0.25, -0.2) is 4.79 Å². The van der Waals surface area contributed by atoms with Crippen molar-refractivity contribution in [3.8, 4) is 22.5 Å². The molecule has 182 valence electrons. The van der Waals surface area contributed by atoms with E-state index >= 15 is 0 Å². The Morgan fingerprint density at radius 3 is 2.54 bits per heavy atom. The van der Waals surface area contributed by atoms with Crippen molar-refractivity contribution in [3.63, 3.8) is 0 Å². The van der Waals surface area contributed by atoms with Crippen LogP contribution in [0.2, 0.25) is 0 Å². The summed E-state index contributed by atoms with van der Waals surface area (Å²) < 4.78 is 7.29. The number of carbonyl (C=O) groups is 2. The van der Waals surface area contributed by atoms with Gasteiger partial charge in [0.15, 0.2) is 11.0 Å². The minimum Gasteiger partial charge on any atom is -0.462 e. The number of esters is 1. The van der Waals surface area contributed by atoms with E-state index in [0.29, 0.717) is 22.3 Å². The van der Waals surface area contributed by atoms with E-state index < -0.39 is 5.97 Å². The summed E-state index contributed by atoms with van der Waals surface area (Å²) in [6.45, 7) is 6.88. The fraction of sp³-hybridized carbons (Fsp3) is 0.280. The summed E-state index contributed by atoms with van der Waals surface area (Å²) in [5.41, 5.74) is 3.06. The number of benzene rings is 1. The van der Waals surface area contributed by atoms with Crippen molar-refractivity contribution in [1.29, 1.82) is 0 Å². The van der Waals surface area contributed by atoms with Gasteiger partial charge in [0.1, 0.15) is 10.6 Å². The Balaban J connectivity index is 1.49. The molecular weight excluding hydrogens is 501 g/mol. The van der Waals surface area contributed by atoms with E-state index in [1.54, 1.807) is 18.3 Å². The highest BCUT2D eigenvalue weighted by Gasteiger charge is 2.23. The number of carbonyl (C=O) groups excluding carboxylic acids is 2. The number of thioether (sulfide) groups is 1. The van der Waals surface area contributed by atoms with Gasteiger partial charge in [-0.3, -0.25) is 4.79 Å². The fourth-order valence-electron chi connectivity index (χ4n) is 3.56. The van der Waals surface area contributed by atoms with E-state index in [1.165, 1.54) is 28.0 Å². The Morgan fingerprint density at radius 2 is 1.86 bits per heavy atom. The molecule has 0 spiro atoms. The first-order valence-corrected chi connectivity index (χ1v) is 14.1. The summed E-state index contributed by atoms with van der Waals surface area (Å²) in [5, 5.41) is 16.7. The quantitative estimate of drug-likeness (QED) is 0.195. The maximum atomic E-state index is 12.8. The molecule has 0 saturated carbocycles. The van der Waals surface area contributed by atoms with Crippen LogP contribution >= 0.6 is 34.4 Å². The molecular formula is C25H26N4O3S3. The first-order valence-electron chi connectivity index (χ1n) is 11.3. The van der Waals surface area contributed by atoms with E-state index in [4.69, 9.17) is 4.74 Å². The highest BCUT2D eigenvalue weighted by molar-refractivity contribution is 7.99. The molecule has 0 radical (unpaired) electrons. The first kappa shape index (κ1) is 25.2. The average molecular weight is 527 g/mol. The highest BCUT2D eigenvalue weighted by Crippen LogP contribution is 2.36. The number of anilines is 1. The molecule has 0 saturated heterocycles. The number of ether oxygens (including phenoxy) is 1. The zero-order valence-corrected chi connectivity index (χ0v) is 22.2. The van der Waals surface area contributed by atoms with Crippen molar-refractivity contribution in [2.75, 3.05) is 17.7 Å². The number of aromatic nitrogens is 3. The van der Waals surface area contributed by atoms with Gasteiger partial charge in [-0.15, -0.1) is 32.9 Å². The third-order valence-corrected chi connectivity index (χ3v) is 8.18. The van der Waals surface area contributed by atoms with Crippen molar-refractivity contribution in [2.24, 2.45) is 0 Å². The molecule has 0 bridgehead atoms. The van der Waals surface area contributed by atoms with Crippen molar-refractivity contribution < 1.29 is 14.3 Å². The predicted octanol–water partition coefficient (Wildman–Crippen LogP) is 6.22. The lowest BCUT2D eigenvalue weighted by Gasteiger charge is -2.09. The minimum atomic E-state index is -0.451. The molecule has 3 heterocycles. The molecule has 10 heteroatoms. The van der Waals surface area contributed by atoms with Gasteiger partial charge in [-0.1, -0.05) is 49.0 Å². The van der Waals surface area contributed by atoms with Crippen LogP contribution in [0.1, 0.15) is 36.0 Å². The molecule has 0 atom stereocenters. The standard InChI is InChI=1S/C25H26N4O3S3/c1-4-18-12-17(13-33-18)22-27-28-25(29(22)5-2)35-15-20(30)26-23-21(24(31)32-6-3)19(14-34-23)16-10-8-7-9-11-16/h7-14H,4-6,15H2,1-3H3,(H,26,30). The van der Waals surface area contributed by atoms with E-state index in [0.717, 1.165) is 28.9 Å². The van der Waals surface area contributed by atoms with Gasteiger partial charge in [0.2, 0.25) is 5.91 Å². The van der Waals surface area contributed by atoms with Gasteiger partial charge in [0.05, 0.1) is 12.4 Å². The van der Waals surface area contributed by atoms with Crippen LogP contribution in [0.25, 0.3) is 22.5 Å². The molecule has 4 aromatic rings. The van der Waals surface area contributed by atoms with Gasteiger partial charge < -0.3 is 14.6 Å². The van der Waals surface area contributed by atoms with Gasteiger partial charge >= 0.3 is 5.97 Å². The number of rotatable bonds is 10. The second kappa shape index (κ2) is 11.7. The molecule has 1 N–H and O–H groups in total. The monoisotopic (exact) mass is 526 g/mol. The number of nitrogens with zero attached hydrogens (tertiary/aromatic N) is 3. The van der Waals surface area contributed by atoms with Crippen LogP contribution in [0.5, 0.6) is 0 Å². The van der Waals surface area contributed by atoms with E-state index in [9.17, 15) is 9.59 Å². The molecule has 3 aromatic heterocycles. The van der Waals surface area contributed by atoms with E-state index in [-0.39, 0.29) is 18.3 Å². The van der Waals surface area contributed by atoms with Crippen molar-refractivity contribution in [2.45, 2.75) is 38.9 Å². The molecule has 7 nitrogen and oxygen atoms in total. The number of amides is 1. The van der Waals surface area contributed by atoms with E-state index in [1.807, 2.05) is 47.2 Å². The molecule has 0 unspecified atom stereocenters. The molecule has 0 aliphatic rings. The zero-order chi connectivity index (χ0) is 24.8. The van der Waals surface area contributed by atoms with Crippen LogP contribution in [0.15, 0.2) is 52.3 Å². The average Bonchev–Trinajstić information content (AvgIpc) is 3.61. The van der Waals surface area contributed by atoms with Crippen LogP contribution in [0.4, 0.5) is 5.00 Å². The normalized spacial score (nSPS) is 10.9. The zero-order valence-electron chi connectivity index (χ0n) is 19.7. The summed E-state index contributed by atoms with van der Waals surface area (Å²) in [6, 6.07) is 11.7. The summed E-state index contributed by atoms with van der Waals surface area (Å²) in [7, 11) is 0. The number of hydrogen-bond donors (Lipinski definition) is 1. The Bertz CT molecular complexity index is 1310. The Kier molecular flexibility index (Phi) is 8.37. The summed E-state index contributed by atoms with van der Waals surface area (Å²) in [6.07, 6.45) is 0.981. The van der Waals surface area contributed by atoms with Gasteiger partial charge in [0.25, 0.3) is 0 Å². The Hall–Kier alpha value is -2.95. The van der Waals surface area contributed by atoms with Crippen LogP contribution < -0.4 is 5.32 Å². The molecule has 0 aliphatic heterocycles. The van der Waals surface area contributed by atoms with Crippen LogP contribution in [-0.2, 0) is 22.5 Å². The first-order chi connectivity index (χ1) is 17.0. The molecule has 4 rings (SSSR count). The largest absolute Gasteiger partial charge is 0.462 e. The van der Waals surface area contributed by atoms with Crippen molar-refractivity contribution in [1.82, 2.24) is 14.8 Å². The van der Waals surface area contributed by atoms with Gasteiger partial charge in [-0.2, -0.15) is 0 Å². The molecule has 35 heavy (non-hydrogen) atoms. The lowest BCUT2D eigenvalue weighted by molar-refractivity contribution is -0.113. The maximum absolute atomic E-state index is 12.8. The van der Waals surface area contributed by atoms with Gasteiger partial charge in [0, 0.05) is 33.3 Å². The van der Waals surface area contributed by atoms with E-state index in [2.05, 4.69) is 33.9 Å². The molecule has 0 fully saturated rings. The fourth-order valence-corrected chi connectivity index (χ4v) is 6.15. The predicted molar refractivity (Wildman–Crippen MR) is 143 cm³/mol. The topological polar surface area (TPSA) is 86.1 Å². The Morgan fingerprint density at radius 1 is 1.06 bits per heavy atom. The summed E-state index contributed by atoms with van der Waals surface area (Å²) in [5.74, 6) is 0.274. The highest BCUT2D eigenvalue weighted by atomic mass is 32.2. The van der Waals surface area contributed by atoms with Crippen molar-refractivity contribution >= 4 is 51.3 Å². The van der Waals surface area contributed by atoms with Crippen LogP contribution in [0, 0.1) is 0 Å². The third-order valence-electron chi connectivity index (χ3n) is 5.23. The van der Waals surface area contributed by atoms with Gasteiger partial charge in [-0.05, 0) is 31.9 Å². The molecule has 1 aromatic carbocycles. The number of thiophene rings is 2. The minimum absolute atomic E-state index is 0.142. The SMILES string of the molecule is CCOC(=O)c1c(-c2ccccc2)csc1NC(=O)CSc1nnc(-c2csc(CC)c2)n1CC. The molecule has 1 amide bonds. The summed E-state index contributed by atoms with van der Waals surface area (Å²) >= 11 is 4.35. The maximum Gasteiger partial charge on any atom is 0.341 e. The van der Waals surface area contributed by atoms with Crippen LogP contribution in [0.3, 0.4) is 0 Å². The number of aryl methyl sites for hydroxylation is 1. The number of hydrogen-bond acceptors (Lipinski definition) is 8. The second-order valence-electron chi connectivity index (χ2n) is 7.48. The number of nitrogens with one attached hydrogen (secondary N) is 1. The lowest BCUT2D eigenvalue weighted by atomic mass is 10.0. The summed E-state index contributed by atoms with van der Waals surface area (Å²) in [4.78, 5) is 26.9. The lowest BCUT2D eigenvalue weighted by Crippen LogP contribution is -2.16. The van der Waals surface area contributed by atoms with Crippen LogP contribution in [-0.4, -0.2) is 39.0 Å². The third kappa shape index (κ3) is 5.66. The molecule has 0 aliphatic carbocycles. The smallest absolute Gasteiger partial charge is 0.341 e. The Labute approximate surface area is 216 Å². The van der Waals surface area contributed by atoms with Crippen molar-refractivity contribution in [3.05, 3.63) is 57.6 Å².